The minimum Gasteiger partial charge on any atom is -0.476 e. The third-order valence-corrected chi connectivity index (χ3v) is 4.17. The van der Waals surface area contributed by atoms with Crippen LogP contribution in [0.2, 0.25) is 0 Å². The molecule has 1 aromatic rings. The van der Waals surface area contributed by atoms with Crippen molar-refractivity contribution in [2.75, 3.05) is 13.2 Å². The second-order valence-corrected chi connectivity index (χ2v) is 5.44. The van der Waals surface area contributed by atoms with Crippen LogP contribution in [0.15, 0.2) is 5.38 Å². The zero-order valence-electron chi connectivity index (χ0n) is 10.2. The first-order valence-corrected chi connectivity index (χ1v) is 7.11. The van der Waals surface area contributed by atoms with Gasteiger partial charge in [-0.2, -0.15) is 0 Å². The van der Waals surface area contributed by atoms with Crippen molar-refractivity contribution < 1.29 is 15.0 Å². The highest BCUT2D eigenvalue weighted by atomic mass is 32.1. The summed E-state index contributed by atoms with van der Waals surface area (Å²) in [4.78, 5) is 17.2. The van der Waals surface area contributed by atoms with Crippen LogP contribution in [0.25, 0.3) is 0 Å². The van der Waals surface area contributed by atoms with Crippen LogP contribution >= 0.6 is 11.3 Å². The predicted octanol–water partition coefficient (Wildman–Crippen LogP) is 1.58. The van der Waals surface area contributed by atoms with Crippen molar-refractivity contribution in [2.24, 2.45) is 0 Å². The Kier molecular flexibility index (Phi) is 4.68. The van der Waals surface area contributed by atoms with Gasteiger partial charge in [0.15, 0.2) is 0 Å². The number of hydrogen-bond donors (Lipinski definition) is 2. The lowest BCUT2D eigenvalue weighted by Crippen LogP contribution is -2.40. The molecule has 1 aliphatic rings. The van der Waals surface area contributed by atoms with E-state index >= 15 is 0 Å². The quantitative estimate of drug-likeness (QED) is 0.787. The first-order valence-electron chi connectivity index (χ1n) is 6.23. The van der Waals surface area contributed by atoms with Crippen LogP contribution in [0, 0.1) is 0 Å². The molecule has 1 heterocycles. The van der Waals surface area contributed by atoms with E-state index in [2.05, 4.69) is 9.88 Å². The molecule has 2 rings (SSSR count). The Labute approximate surface area is 110 Å². The Balaban J connectivity index is 1.95. The van der Waals surface area contributed by atoms with E-state index in [1.165, 1.54) is 30.6 Å². The lowest BCUT2D eigenvalue weighted by molar-refractivity contribution is 0.0695. The molecule has 0 bridgehead atoms. The van der Waals surface area contributed by atoms with Crippen LogP contribution < -0.4 is 0 Å². The fourth-order valence-corrected chi connectivity index (χ4v) is 2.75. The summed E-state index contributed by atoms with van der Waals surface area (Å²) in [6.07, 6.45) is 4.41. The third kappa shape index (κ3) is 3.28. The number of aromatic carboxylic acids is 1. The maximum Gasteiger partial charge on any atom is 0.365 e. The Morgan fingerprint density at radius 3 is 2.83 bits per heavy atom. The molecule has 0 atom stereocenters. The van der Waals surface area contributed by atoms with Crippen molar-refractivity contribution in [3.63, 3.8) is 0 Å². The fourth-order valence-electron chi connectivity index (χ4n) is 2.10. The zero-order chi connectivity index (χ0) is 13.0. The Morgan fingerprint density at radius 1 is 1.56 bits per heavy atom. The SMILES string of the molecule is O=C(O)c1nc(CN(CCCO)C2CCC2)cs1. The monoisotopic (exact) mass is 270 g/mol. The highest BCUT2D eigenvalue weighted by molar-refractivity contribution is 7.11. The standard InChI is InChI=1S/C12H18N2O3S/c15-6-2-5-14(10-3-1-4-10)7-9-8-18-11(13-9)12(16)17/h8,10,15H,1-7H2,(H,16,17). The first kappa shape index (κ1) is 13.5. The molecular weight excluding hydrogens is 252 g/mol. The second kappa shape index (κ2) is 6.26. The number of aromatic nitrogens is 1. The van der Waals surface area contributed by atoms with Gasteiger partial charge >= 0.3 is 5.97 Å². The molecule has 5 nitrogen and oxygen atoms in total. The molecule has 0 unspecified atom stereocenters. The summed E-state index contributed by atoms with van der Waals surface area (Å²) in [6.45, 7) is 1.73. The van der Waals surface area contributed by atoms with Gasteiger partial charge in [0.25, 0.3) is 0 Å². The molecule has 2 N–H and O–H groups in total. The fraction of sp³-hybridized carbons (Fsp3) is 0.667. The van der Waals surface area contributed by atoms with Crippen LogP contribution in [0.5, 0.6) is 0 Å². The number of carboxylic acid groups (broad SMARTS) is 1. The predicted molar refractivity (Wildman–Crippen MR) is 68.8 cm³/mol. The molecule has 0 aromatic carbocycles. The molecule has 0 saturated heterocycles. The summed E-state index contributed by atoms with van der Waals surface area (Å²) in [5.41, 5.74) is 0.822. The highest BCUT2D eigenvalue weighted by Crippen LogP contribution is 2.26. The van der Waals surface area contributed by atoms with Crippen molar-refractivity contribution in [3.8, 4) is 0 Å². The number of thiazole rings is 1. The molecule has 0 spiro atoms. The van der Waals surface area contributed by atoms with Gasteiger partial charge in [0.2, 0.25) is 5.01 Å². The van der Waals surface area contributed by atoms with Gasteiger partial charge in [-0.25, -0.2) is 9.78 Å². The summed E-state index contributed by atoms with van der Waals surface area (Å²) in [6, 6.07) is 0.575. The van der Waals surface area contributed by atoms with Crippen molar-refractivity contribution in [1.29, 1.82) is 0 Å². The van der Waals surface area contributed by atoms with E-state index in [1.807, 2.05) is 5.38 Å². The molecule has 1 aromatic heterocycles. The topological polar surface area (TPSA) is 73.7 Å². The summed E-state index contributed by atoms with van der Waals surface area (Å²) in [5.74, 6) is -0.961. The van der Waals surface area contributed by atoms with E-state index in [1.54, 1.807) is 0 Å². The van der Waals surface area contributed by atoms with Gasteiger partial charge in [-0.3, -0.25) is 4.90 Å². The number of aliphatic hydroxyl groups is 1. The van der Waals surface area contributed by atoms with Gasteiger partial charge < -0.3 is 10.2 Å². The highest BCUT2D eigenvalue weighted by Gasteiger charge is 2.25. The van der Waals surface area contributed by atoms with Crippen LogP contribution in [0.1, 0.15) is 41.2 Å². The summed E-state index contributed by atoms with van der Waals surface area (Å²) in [5, 5.41) is 19.7. The van der Waals surface area contributed by atoms with Crippen molar-refractivity contribution in [2.45, 2.75) is 38.3 Å². The molecule has 1 saturated carbocycles. The van der Waals surface area contributed by atoms with Gasteiger partial charge in [0.1, 0.15) is 0 Å². The number of carboxylic acids is 1. The minimum atomic E-state index is -0.961. The Hall–Kier alpha value is -0.980. The number of rotatable bonds is 7. The average molecular weight is 270 g/mol. The van der Waals surface area contributed by atoms with E-state index in [0.29, 0.717) is 12.6 Å². The van der Waals surface area contributed by atoms with Crippen molar-refractivity contribution in [3.05, 3.63) is 16.1 Å². The van der Waals surface area contributed by atoms with Gasteiger partial charge in [0, 0.05) is 31.1 Å². The third-order valence-electron chi connectivity index (χ3n) is 3.29. The minimum absolute atomic E-state index is 0.153. The lowest BCUT2D eigenvalue weighted by atomic mass is 9.91. The van der Waals surface area contributed by atoms with E-state index < -0.39 is 5.97 Å². The van der Waals surface area contributed by atoms with Crippen LogP contribution in [-0.4, -0.2) is 45.3 Å². The molecule has 6 heteroatoms. The van der Waals surface area contributed by atoms with Crippen LogP contribution in [0.3, 0.4) is 0 Å². The number of nitrogens with zero attached hydrogens (tertiary/aromatic N) is 2. The van der Waals surface area contributed by atoms with Gasteiger partial charge in [-0.15, -0.1) is 11.3 Å². The smallest absolute Gasteiger partial charge is 0.365 e. The van der Waals surface area contributed by atoms with Gasteiger partial charge in [-0.05, 0) is 19.3 Å². The Bertz CT molecular complexity index is 404. The molecule has 0 amide bonds. The van der Waals surface area contributed by atoms with Crippen LogP contribution in [0.4, 0.5) is 0 Å². The summed E-state index contributed by atoms with van der Waals surface area (Å²) >= 11 is 1.17. The maximum atomic E-state index is 10.8. The molecule has 1 fully saturated rings. The van der Waals surface area contributed by atoms with E-state index in [4.69, 9.17) is 10.2 Å². The normalized spacial score (nSPS) is 15.9. The van der Waals surface area contributed by atoms with E-state index in [9.17, 15) is 4.79 Å². The maximum absolute atomic E-state index is 10.8. The lowest BCUT2D eigenvalue weighted by Gasteiger charge is -2.37. The van der Waals surface area contributed by atoms with E-state index in [-0.39, 0.29) is 11.6 Å². The molecule has 18 heavy (non-hydrogen) atoms. The van der Waals surface area contributed by atoms with Crippen molar-refractivity contribution in [1.82, 2.24) is 9.88 Å². The van der Waals surface area contributed by atoms with Crippen molar-refractivity contribution >= 4 is 17.3 Å². The molecule has 1 aliphatic carbocycles. The van der Waals surface area contributed by atoms with Gasteiger partial charge in [-0.1, -0.05) is 6.42 Å². The average Bonchev–Trinajstić information content (AvgIpc) is 2.72. The zero-order valence-corrected chi connectivity index (χ0v) is 11.0. The van der Waals surface area contributed by atoms with Crippen LogP contribution in [-0.2, 0) is 6.54 Å². The van der Waals surface area contributed by atoms with Gasteiger partial charge in [0.05, 0.1) is 5.69 Å². The molecule has 0 aliphatic heterocycles. The van der Waals surface area contributed by atoms with E-state index in [0.717, 1.165) is 18.7 Å². The molecule has 0 radical (unpaired) electrons. The Morgan fingerprint density at radius 2 is 2.33 bits per heavy atom. The molecular formula is C12H18N2O3S. The molecule has 100 valence electrons. The summed E-state index contributed by atoms with van der Waals surface area (Å²) < 4.78 is 0. The number of aliphatic hydroxyl groups excluding tert-OH is 1. The number of hydrogen-bond acceptors (Lipinski definition) is 5. The largest absolute Gasteiger partial charge is 0.476 e. The second-order valence-electron chi connectivity index (χ2n) is 4.58. The number of carbonyl (C=O) groups is 1. The first-order chi connectivity index (χ1) is 8.70. The summed E-state index contributed by atoms with van der Waals surface area (Å²) in [7, 11) is 0.